The van der Waals surface area contributed by atoms with Crippen molar-refractivity contribution in [1.29, 1.82) is 0 Å². The first-order valence-corrected chi connectivity index (χ1v) is 23.0. The summed E-state index contributed by atoms with van der Waals surface area (Å²) >= 11 is 0. The average Bonchev–Trinajstić information content (AvgIpc) is 3.96. The monoisotopic (exact) mass is 878 g/mol. The van der Waals surface area contributed by atoms with Gasteiger partial charge in [-0.2, -0.15) is 0 Å². The summed E-state index contributed by atoms with van der Waals surface area (Å²) in [6.45, 7) is 9.56. The van der Waals surface area contributed by atoms with Crippen LogP contribution in [0.2, 0.25) is 0 Å². The predicted molar refractivity (Wildman–Crippen MR) is 255 cm³/mol. The van der Waals surface area contributed by atoms with Crippen molar-refractivity contribution in [3.8, 4) is 11.5 Å². The van der Waals surface area contributed by atoms with Crippen molar-refractivity contribution in [2.45, 2.75) is 48.6 Å². The number of likely N-dealkylation sites (N-methyl/N-ethyl adjacent to an activating group) is 2. The number of carbonyl (C=O) groups excluding carboxylic acids is 4. The molecule has 2 aliphatic carbocycles. The summed E-state index contributed by atoms with van der Waals surface area (Å²) in [5.74, 6) is 0.316. The average molecular weight is 879 g/mol. The molecule has 4 heterocycles. The molecule has 5 aromatic carbocycles. The van der Waals surface area contributed by atoms with Gasteiger partial charge in [0.1, 0.15) is 22.6 Å². The third-order valence-corrected chi connectivity index (χ3v) is 16.7. The fraction of sp³-hybridized carbons (Fsp3) is 0.321. The second kappa shape index (κ2) is 15.0. The van der Waals surface area contributed by atoms with Crippen LogP contribution in [-0.4, -0.2) is 87.7 Å². The van der Waals surface area contributed by atoms with Gasteiger partial charge in [0.2, 0.25) is 0 Å². The first-order valence-electron chi connectivity index (χ1n) is 23.0. The molecular weight excluding hydrogens is 825 g/mol. The van der Waals surface area contributed by atoms with Crippen LogP contribution in [0.25, 0.3) is 0 Å². The SMILES string of the molecule is C=CCN1C(=O)[C@]2(c3ccccc31)N(C)C[C@H](c1ccc([C@@H]3CN(C)[C@]4(C(=O)N(CC=C)c5ccccc54)[C@]34CCc3cc(OC)ccc3C4=O)cc1)[C@]21CCc2cc(OC)ccc2C1=O. The van der Waals surface area contributed by atoms with Gasteiger partial charge < -0.3 is 19.3 Å². The van der Waals surface area contributed by atoms with Gasteiger partial charge in [0.05, 0.1) is 25.0 Å². The van der Waals surface area contributed by atoms with Gasteiger partial charge >= 0.3 is 0 Å². The van der Waals surface area contributed by atoms with Crippen molar-refractivity contribution in [3.05, 3.63) is 179 Å². The van der Waals surface area contributed by atoms with Gasteiger partial charge in [0.25, 0.3) is 11.8 Å². The number of fused-ring (bicyclic) bond motifs is 8. The molecule has 334 valence electrons. The lowest BCUT2D eigenvalue weighted by Gasteiger charge is -2.49. The Bertz CT molecular complexity index is 2730. The Hall–Kier alpha value is -6.62. The van der Waals surface area contributed by atoms with Crippen LogP contribution in [0.1, 0.15) is 78.8 Å². The molecule has 0 aromatic heterocycles. The molecule has 2 amide bonds. The number of aryl methyl sites for hydroxylation is 2. The molecule has 0 N–H and O–H groups in total. The number of carbonyl (C=O) groups is 4. The molecule has 5 aromatic rings. The summed E-state index contributed by atoms with van der Waals surface area (Å²) in [4.78, 5) is 70.5. The fourth-order valence-corrected chi connectivity index (χ4v) is 14.1. The lowest BCUT2D eigenvalue weighted by atomic mass is 9.53. The van der Waals surface area contributed by atoms with Gasteiger partial charge in [-0.05, 0) is 111 Å². The summed E-state index contributed by atoms with van der Waals surface area (Å²) in [6, 6.07) is 35.7. The topological polar surface area (TPSA) is 99.7 Å². The van der Waals surface area contributed by atoms with Crippen LogP contribution in [0.3, 0.4) is 0 Å². The van der Waals surface area contributed by atoms with Crippen LogP contribution in [-0.2, 0) is 33.5 Å². The summed E-state index contributed by atoms with van der Waals surface area (Å²) in [6.07, 6.45) is 5.57. The highest BCUT2D eigenvalue weighted by molar-refractivity contribution is 6.17. The van der Waals surface area contributed by atoms with Crippen LogP contribution in [0.15, 0.2) is 135 Å². The zero-order valence-corrected chi connectivity index (χ0v) is 38.0. The van der Waals surface area contributed by atoms with Crippen LogP contribution in [0, 0.1) is 10.8 Å². The molecule has 6 aliphatic rings. The number of para-hydroxylation sites is 2. The van der Waals surface area contributed by atoms with Gasteiger partial charge in [-0.15, -0.1) is 13.2 Å². The van der Waals surface area contributed by atoms with Crippen molar-refractivity contribution in [3.63, 3.8) is 0 Å². The van der Waals surface area contributed by atoms with Crippen LogP contribution in [0.4, 0.5) is 11.4 Å². The number of amides is 2. The molecule has 0 radical (unpaired) electrons. The van der Waals surface area contributed by atoms with Gasteiger partial charge in [-0.25, -0.2) is 0 Å². The summed E-state index contributed by atoms with van der Waals surface area (Å²) in [5, 5.41) is 0. The highest BCUT2D eigenvalue weighted by atomic mass is 16.5. The van der Waals surface area contributed by atoms with Crippen LogP contribution < -0.4 is 19.3 Å². The largest absolute Gasteiger partial charge is 0.497 e. The number of rotatable bonds is 8. The Morgan fingerprint density at radius 3 is 1.35 bits per heavy atom. The Morgan fingerprint density at radius 1 is 0.576 bits per heavy atom. The molecule has 0 saturated carbocycles. The van der Waals surface area contributed by atoms with E-state index >= 15 is 19.2 Å². The first kappa shape index (κ1) is 42.0. The normalized spacial score (nSPS) is 28.7. The first-order chi connectivity index (χ1) is 32.0. The molecule has 2 fully saturated rings. The maximum absolute atomic E-state index is 15.8. The van der Waals surface area contributed by atoms with Crippen LogP contribution >= 0.6 is 0 Å². The number of hydrogen-bond donors (Lipinski definition) is 0. The Morgan fingerprint density at radius 2 is 0.970 bits per heavy atom. The molecule has 10 heteroatoms. The Kier molecular flexibility index (Phi) is 9.53. The molecule has 4 spiro atoms. The number of nitrogens with zero attached hydrogens (tertiary/aromatic N) is 4. The van der Waals surface area contributed by atoms with Crippen molar-refractivity contribution < 1.29 is 28.7 Å². The van der Waals surface area contributed by atoms with Crippen LogP contribution in [0.5, 0.6) is 11.5 Å². The minimum Gasteiger partial charge on any atom is -0.497 e. The maximum Gasteiger partial charge on any atom is 0.253 e. The Labute approximate surface area is 386 Å². The molecule has 11 rings (SSSR count). The third kappa shape index (κ3) is 4.98. The Balaban J connectivity index is 1.08. The predicted octanol–water partition coefficient (Wildman–Crippen LogP) is 8.25. The molecule has 2 saturated heterocycles. The summed E-state index contributed by atoms with van der Waals surface area (Å²) in [7, 11) is 7.24. The summed E-state index contributed by atoms with van der Waals surface area (Å²) in [5.41, 5.74) is 3.33. The highest BCUT2D eigenvalue weighted by Gasteiger charge is 2.76. The van der Waals surface area contributed by atoms with E-state index < -0.39 is 21.9 Å². The number of ketones is 2. The molecule has 4 aliphatic heterocycles. The highest BCUT2D eigenvalue weighted by Crippen LogP contribution is 2.69. The number of Topliss-reactive ketones (excluding diaryl/α,β-unsaturated/α-hetero) is 2. The van der Waals surface area contributed by atoms with E-state index in [0.717, 1.165) is 44.8 Å². The second-order valence-electron chi connectivity index (χ2n) is 19.0. The number of hydrogen-bond acceptors (Lipinski definition) is 8. The standard InChI is InChI=1S/C56H54N4O6/c1-7-29-59-47-15-11-9-13-43(47)55(51(59)63)53(27-25-37-31-39(65-5)21-23-41(37)49(53)61)45(33-57(55)3)35-17-19-36(20-18-35)46-34-58(4)56(44-14-10-12-16-48(44)60(30-8-2)52(56)64)54(46)28-26-38-32-40(66-6)22-24-42(38)50(54)62/h7-24,31-32,45-46H,1-2,25-30,33-34H2,3-6H3/t45-,46+,53+,54-,55+,56-. The molecule has 0 bridgehead atoms. The number of likely N-dealkylation sites (tertiary alicyclic amines) is 2. The fourth-order valence-electron chi connectivity index (χ4n) is 14.1. The van der Waals surface area contributed by atoms with Crippen molar-refractivity contribution in [2.24, 2.45) is 10.8 Å². The van der Waals surface area contributed by atoms with E-state index in [-0.39, 0.29) is 35.2 Å². The van der Waals surface area contributed by atoms with Gasteiger partial charge in [-0.1, -0.05) is 72.8 Å². The van der Waals surface area contributed by atoms with E-state index in [4.69, 9.17) is 9.47 Å². The summed E-state index contributed by atoms with van der Waals surface area (Å²) < 4.78 is 11.2. The van der Waals surface area contributed by atoms with E-state index in [1.807, 2.05) is 99.0 Å². The minimum absolute atomic E-state index is 0.0441. The quantitative estimate of drug-likeness (QED) is 0.144. The van der Waals surface area contributed by atoms with Crippen molar-refractivity contribution in [2.75, 3.05) is 64.3 Å². The molecule has 10 nitrogen and oxygen atoms in total. The second-order valence-corrected chi connectivity index (χ2v) is 19.0. The lowest BCUT2D eigenvalue weighted by molar-refractivity contribution is -0.133. The number of anilines is 2. The zero-order valence-electron chi connectivity index (χ0n) is 38.0. The van der Waals surface area contributed by atoms with E-state index in [2.05, 4.69) is 47.2 Å². The van der Waals surface area contributed by atoms with Gasteiger partial charge in [0, 0.05) is 71.6 Å². The maximum atomic E-state index is 15.8. The van der Waals surface area contributed by atoms with Gasteiger partial charge in [-0.3, -0.25) is 29.0 Å². The van der Waals surface area contributed by atoms with Crippen molar-refractivity contribution >= 4 is 34.8 Å². The van der Waals surface area contributed by atoms with E-state index in [1.54, 1.807) is 36.2 Å². The van der Waals surface area contributed by atoms with Gasteiger partial charge in [0.15, 0.2) is 11.6 Å². The smallest absolute Gasteiger partial charge is 0.253 e. The van der Waals surface area contributed by atoms with E-state index in [9.17, 15) is 0 Å². The van der Waals surface area contributed by atoms with E-state index in [0.29, 0.717) is 74.5 Å². The molecule has 0 unspecified atom stereocenters. The third-order valence-electron chi connectivity index (χ3n) is 16.7. The van der Waals surface area contributed by atoms with E-state index in [1.165, 1.54) is 0 Å². The number of methoxy groups -OCH3 is 2. The molecular formula is C56H54N4O6. The minimum atomic E-state index is -1.28. The molecule has 6 atom stereocenters. The zero-order chi connectivity index (χ0) is 45.9. The number of benzene rings is 5. The number of ether oxygens (including phenoxy) is 2. The van der Waals surface area contributed by atoms with Crippen molar-refractivity contribution in [1.82, 2.24) is 9.80 Å². The molecule has 66 heavy (non-hydrogen) atoms. The lowest BCUT2D eigenvalue weighted by Crippen LogP contribution is -2.61.